The van der Waals surface area contributed by atoms with Gasteiger partial charge in [-0.3, -0.25) is 9.52 Å². The maximum absolute atomic E-state index is 13.2. The Morgan fingerprint density at radius 3 is 2.30 bits per heavy atom. The highest BCUT2D eigenvalue weighted by atomic mass is 32.2. The van der Waals surface area contributed by atoms with Crippen LogP contribution in [-0.2, 0) is 10.0 Å². The molecule has 152 valence electrons. The highest BCUT2D eigenvalue weighted by Crippen LogP contribution is 2.29. The van der Waals surface area contributed by atoms with Gasteiger partial charge in [0.25, 0.3) is 15.9 Å². The lowest BCUT2D eigenvalue weighted by atomic mass is 10.0. The minimum absolute atomic E-state index is 0.191. The molecule has 0 aliphatic heterocycles. The molecule has 0 saturated heterocycles. The number of amides is 1. The van der Waals surface area contributed by atoms with Crippen LogP contribution < -0.4 is 10.0 Å². The number of carbonyl (C=O) groups excluding carboxylic acids is 1. The number of hydrogen-bond donors (Lipinski definition) is 2. The molecule has 0 aliphatic rings. The Morgan fingerprint density at radius 1 is 0.867 bits per heavy atom. The minimum atomic E-state index is -3.79. The number of benzene rings is 3. The normalized spacial score (nSPS) is 11.4. The molecule has 2 N–H and O–H groups in total. The molecule has 5 nitrogen and oxygen atoms in total. The first-order chi connectivity index (χ1) is 14.3. The van der Waals surface area contributed by atoms with Crippen molar-refractivity contribution in [3.8, 4) is 0 Å². The van der Waals surface area contributed by atoms with E-state index in [2.05, 4.69) is 10.0 Å². The second kappa shape index (κ2) is 7.93. The zero-order chi connectivity index (χ0) is 21.3. The topological polar surface area (TPSA) is 75.3 Å². The lowest BCUT2D eigenvalue weighted by molar-refractivity contribution is 0.102. The summed E-state index contributed by atoms with van der Waals surface area (Å²) in [5.74, 6) is -0.377. The smallest absolute Gasteiger partial charge is 0.271 e. The summed E-state index contributed by atoms with van der Waals surface area (Å²) in [6.45, 7) is 3.91. The molecule has 1 aromatic heterocycles. The van der Waals surface area contributed by atoms with E-state index >= 15 is 0 Å². The Balaban J connectivity index is 1.78. The second-order valence-corrected chi connectivity index (χ2v) is 9.84. The van der Waals surface area contributed by atoms with E-state index < -0.39 is 10.0 Å². The van der Waals surface area contributed by atoms with Crippen molar-refractivity contribution in [2.45, 2.75) is 18.1 Å². The van der Waals surface area contributed by atoms with Crippen molar-refractivity contribution in [1.82, 2.24) is 0 Å². The van der Waals surface area contributed by atoms with Crippen LogP contribution in [0.2, 0.25) is 0 Å². The lowest BCUT2D eigenvalue weighted by Crippen LogP contribution is -2.18. The van der Waals surface area contributed by atoms with Crippen LogP contribution >= 0.6 is 11.3 Å². The average Bonchev–Trinajstić information content (AvgIpc) is 3.26. The van der Waals surface area contributed by atoms with Crippen LogP contribution in [0.3, 0.4) is 0 Å². The van der Waals surface area contributed by atoms with Crippen LogP contribution in [0.1, 0.15) is 21.5 Å². The predicted octanol–water partition coefficient (Wildman–Crippen LogP) is 5.57. The summed E-state index contributed by atoms with van der Waals surface area (Å²) >= 11 is 1.12. The first kappa shape index (κ1) is 20.1. The van der Waals surface area contributed by atoms with Crippen molar-refractivity contribution >= 4 is 49.4 Å². The zero-order valence-electron chi connectivity index (χ0n) is 16.5. The van der Waals surface area contributed by atoms with E-state index in [1.165, 1.54) is 6.07 Å². The molecule has 0 fully saturated rings. The average molecular weight is 437 g/mol. The van der Waals surface area contributed by atoms with Crippen molar-refractivity contribution in [2.24, 2.45) is 0 Å². The molecule has 0 radical (unpaired) electrons. The van der Waals surface area contributed by atoms with E-state index in [1.54, 1.807) is 23.6 Å². The third-order valence-electron chi connectivity index (χ3n) is 4.99. The summed E-state index contributed by atoms with van der Waals surface area (Å²) < 4.78 is 28.4. The van der Waals surface area contributed by atoms with Gasteiger partial charge in [-0.25, -0.2) is 8.42 Å². The number of fused-ring (bicyclic) bond motifs is 1. The van der Waals surface area contributed by atoms with Gasteiger partial charge in [0.05, 0.1) is 11.3 Å². The van der Waals surface area contributed by atoms with E-state index in [-0.39, 0.29) is 21.4 Å². The fourth-order valence-corrected chi connectivity index (χ4v) is 5.26. The molecule has 1 amide bonds. The monoisotopic (exact) mass is 436 g/mol. The molecule has 1 heterocycles. The van der Waals surface area contributed by atoms with Gasteiger partial charge in [-0.1, -0.05) is 42.5 Å². The molecule has 0 spiro atoms. The van der Waals surface area contributed by atoms with Crippen LogP contribution in [-0.4, -0.2) is 14.3 Å². The van der Waals surface area contributed by atoms with Crippen molar-refractivity contribution in [1.29, 1.82) is 0 Å². The summed E-state index contributed by atoms with van der Waals surface area (Å²) in [6.07, 6.45) is 0. The number of sulfonamides is 1. The largest absolute Gasteiger partial charge is 0.322 e. The van der Waals surface area contributed by atoms with Crippen molar-refractivity contribution in [2.75, 3.05) is 10.0 Å². The Hall–Kier alpha value is -3.16. The van der Waals surface area contributed by atoms with Crippen molar-refractivity contribution in [3.05, 3.63) is 88.8 Å². The summed E-state index contributed by atoms with van der Waals surface area (Å²) in [5, 5.41) is 6.31. The molecule has 4 rings (SSSR count). The molecule has 7 heteroatoms. The van der Waals surface area contributed by atoms with Crippen molar-refractivity contribution < 1.29 is 13.2 Å². The quantitative estimate of drug-likeness (QED) is 0.429. The Kier molecular flexibility index (Phi) is 5.32. The molecule has 0 saturated carbocycles. The fraction of sp³-hybridized carbons (Fsp3) is 0.0870. The van der Waals surface area contributed by atoms with Gasteiger partial charge in [0.1, 0.15) is 4.21 Å². The number of rotatable bonds is 5. The number of nitrogens with one attached hydrogen (secondary N) is 2. The van der Waals surface area contributed by atoms with E-state index in [9.17, 15) is 13.2 Å². The summed E-state index contributed by atoms with van der Waals surface area (Å²) in [5.41, 5.74) is 3.22. The Labute approximate surface area is 179 Å². The highest BCUT2D eigenvalue weighted by Gasteiger charge is 2.21. The van der Waals surface area contributed by atoms with Crippen LogP contribution in [0.4, 0.5) is 11.4 Å². The highest BCUT2D eigenvalue weighted by molar-refractivity contribution is 7.94. The van der Waals surface area contributed by atoms with Gasteiger partial charge in [-0.05, 0) is 65.4 Å². The van der Waals surface area contributed by atoms with Crippen LogP contribution in [0.15, 0.2) is 76.3 Å². The predicted molar refractivity (Wildman–Crippen MR) is 123 cm³/mol. The number of hydrogen-bond acceptors (Lipinski definition) is 4. The van der Waals surface area contributed by atoms with Gasteiger partial charge < -0.3 is 5.32 Å². The first-order valence-corrected chi connectivity index (χ1v) is 11.7. The minimum Gasteiger partial charge on any atom is -0.322 e. The number of anilines is 2. The van der Waals surface area contributed by atoms with Crippen LogP contribution in [0.5, 0.6) is 0 Å². The van der Waals surface area contributed by atoms with E-state index in [4.69, 9.17) is 0 Å². The van der Waals surface area contributed by atoms with Gasteiger partial charge in [0.15, 0.2) is 0 Å². The Bertz CT molecular complexity index is 1340. The van der Waals surface area contributed by atoms with Gasteiger partial charge in [-0.15, -0.1) is 11.3 Å². The molecule has 0 bridgehead atoms. The zero-order valence-corrected chi connectivity index (χ0v) is 18.1. The third-order valence-corrected chi connectivity index (χ3v) is 7.75. The summed E-state index contributed by atoms with van der Waals surface area (Å²) in [7, 11) is -3.79. The molecule has 3 aromatic carbocycles. The van der Waals surface area contributed by atoms with Crippen LogP contribution in [0, 0.1) is 13.8 Å². The summed E-state index contributed by atoms with van der Waals surface area (Å²) in [6, 6.07) is 19.8. The Morgan fingerprint density at radius 2 is 1.60 bits per heavy atom. The molecule has 0 unspecified atom stereocenters. The lowest BCUT2D eigenvalue weighted by Gasteiger charge is -2.15. The molecule has 0 aliphatic carbocycles. The molecule has 4 aromatic rings. The number of carbonyl (C=O) groups is 1. The van der Waals surface area contributed by atoms with Crippen molar-refractivity contribution in [3.63, 3.8) is 0 Å². The SMILES string of the molecule is Cc1cccc(NC(=O)c2cc3ccccc3cc2NS(=O)(=O)c2cccs2)c1C. The maximum Gasteiger partial charge on any atom is 0.271 e. The van der Waals surface area contributed by atoms with E-state index in [1.807, 2.05) is 56.3 Å². The summed E-state index contributed by atoms with van der Waals surface area (Å²) in [4.78, 5) is 13.2. The van der Waals surface area contributed by atoms with E-state index in [0.29, 0.717) is 5.69 Å². The third kappa shape index (κ3) is 3.94. The standard InChI is InChI=1S/C23H20N2O3S2/c1-15-7-5-10-20(16(15)2)24-23(26)19-13-17-8-3-4-9-18(17)14-21(19)25-30(27,28)22-11-6-12-29-22/h3-14,25H,1-2H3,(H,24,26). The first-order valence-electron chi connectivity index (χ1n) is 9.32. The van der Waals surface area contributed by atoms with Gasteiger partial charge in [0.2, 0.25) is 0 Å². The molecular weight excluding hydrogens is 416 g/mol. The molecule has 30 heavy (non-hydrogen) atoms. The van der Waals surface area contributed by atoms with E-state index in [0.717, 1.165) is 33.2 Å². The molecule has 0 atom stereocenters. The van der Waals surface area contributed by atoms with Gasteiger partial charge in [-0.2, -0.15) is 0 Å². The number of aryl methyl sites for hydroxylation is 1. The second-order valence-electron chi connectivity index (χ2n) is 6.98. The molecular formula is C23H20N2O3S2. The van der Waals surface area contributed by atoms with Gasteiger partial charge >= 0.3 is 0 Å². The number of thiophene rings is 1. The maximum atomic E-state index is 13.2. The van der Waals surface area contributed by atoms with Gasteiger partial charge in [0, 0.05) is 5.69 Å². The fourth-order valence-electron chi connectivity index (χ4n) is 3.20. The van der Waals surface area contributed by atoms with Crippen LogP contribution in [0.25, 0.3) is 10.8 Å².